The summed E-state index contributed by atoms with van der Waals surface area (Å²) in [7, 11) is 0. The van der Waals surface area contributed by atoms with Gasteiger partial charge in [0.15, 0.2) is 0 Å². The number of carbonyl (C=O) groups excluding carboxylic acids is 1. The molecule has 0 bridgehead atoms. The second kappa shape index (κ2) is 5.86. The largest absolute Gasteiger partial charge is 0.501 e. The van der Waals surface area contributed by atoms with Gasteiger partial charge in [-0.05, 0) is 25.1 Å². The molecule has 0 fully saturated rings. The molecule has 1 aromatic heterocycles. The van der Waals surface area contributed by atoms with Gasteiger partial charge in [-0.25, -0.2) is 9.59 Å². The van der Waals surface area contributed by atoms with Crippen molar-refractivity contribution in [3.05, 3.63) is 53.1 Å². The molecular weight excluding hydrogens is 248 g/mol. The number of esters is 1. The Morgan fingerprint density at radius 3 is 2.89 bits per heavy atom. The first-order valence-corrected chi connectivity index (χ1v) is 5.73. The summed E-state index contributed by atoms with van der Waals surface area (Å²) in [5, 5.41) is 0.754. The summed E-state index contributed by atoms with van der Waals surface area (Å²) >= 11 is 0. The Hall–Kier alpha value is -2.56. The molecular formula is C14H12O5. The molecule has 0 atom stereocenters. The minimum Gasteiger partial charge on any atom is -0.501 e. The van der Waals surface area contributed by atoms with Crippen LogP contribution >= 0.6 is 0 Å². The second-order valence-electron chi connectivity index (χ2n) is 3.63. The highest BCUT2D eigenvalue weighted by Gasteiger charge is 2.03. The van der Waals surface area contributed by atoms with Crippen LogP contribution in [0.2, 0.25) is 0 Å². The molecule has 19 heavy (non-hydrogen) atoms. The number of rotatable bonds is 4. The minimum absolute atomic E-state index is 0.299. The van der Waals surface area contributed by atoms with E-state index in [2.05, 4.69) is 0 Å². The fourth-order valence-corrected chi connectivity index (χ4v) is 1.45. The monoisotopic (exact) mass is 260 g/mol. The van der Waals surface area contributed by atoms with Crippen molar-refractivity contribution in [3.8, 4) is 5.75 Å². The molecule has 0 N–H and O–H groups in total. The topological polar surface area (TPSA) is 65.7 Å². The fourth-order valence-electron chi connectivity index (χ4n) is 1.45. The van der Waals surface area contributed by atoms with Crippen LogP contribution in [0, 0.1) is 0 Å². The Morgan fingerprint density at radius 1 is 1.32 bits per heavy atom. The van der Waals surface area contributed by atoms with Crippen LogP contribution < -0.4 is 10.4 Å². The van der Waals surface area contributed by atoms with E-state index in [1.54, 1.807) is 25.1 Å². The zero-order valence-electron chi connectivity index (χ0n) is 10.3. The maximum absolute atomic E-state index is 11.4. The highest BCUT2D eigenvalue weighted by atomic mass is 16.5. The molecule has 0 spiro atoms. The Bertz CT molecular complexity index is 669. The first kappa shape index (κ1) is 12.9. The zero-order valence-corrected chi connectivity index (χ0v) is 10.3. The van der Waals surface area contributed by atoms with Crippen molar-refractivity contribution >= 4 is 16.9 Å². The molecule has 0 radical (unpaired) electrons. The van der Waals surface area contributed by atoms with Gasteiger partial charge in [0.25, 0.3) is 0 Å². The molecule has 0 saturated heterocycles. The van der Waals surface area contributed by atoms with Crippen molar-refractivity contribution in [2.45, 2.75) is 6.92 Å². The number of ether oxygens (including phenoxy) is 2. The van der Waals surface area contributed by atoms with Crippen LogP contribution in [0.5, 0.6) is 5.75 Å². The van der Waals surface area contributed by atoms with E-state index in [-0.39, 0.29) is 0 Å². The van der Waals surface area contributed by atoms with Crippen molar-refractivity contribution in [2.24, 2.45) is 0 Å². The molecule has 2 aromatic rings. The van der Waals surface area contributed by atoms with Crippen LogP contribution in [0.4, 0.5) is 0 Å². The number of carbonyl (C=O) groups is 1. The molecule has 0 unspecified atom stereocenters. The van der Waals surface area contributed by atoms with E-state index in [1.807, 2.05) is 0 Å². The molecule has 0 amide bonds. The van der Waals surface area contributed by atoms with Gasteiger partial charge in [-0.2, -0.15) is 0 Å². The van der Waals surface area contributed by atoms with Crippen LogP contribution in [0.25, 0.3) is 11.0 Å². The summed E-state index contributed by atoms with van der Waals surface area (Å²) in [6, 6.07) is 7.78. The quantitative estimate of drug-likeness (QED) is 0.277. The average Bonchev–Trinajstić information content (AvgIpc) is 2.38. The Kier molecular flexibility index (Phi) is 3.97. The lowest BCUT2D eigenvalue weighted by molar-refractivity contribution is -0.129. The van der Waals surface area contributed by atoms with Crippen LogP contribution in [0.1, 0.15) is 6.92 Å². The summed E-state index contributed by atoms with van der Waals surface area (Å²) in [6.07, 6.45) is 2.44. The summed E-state index contributed by atoms with van der Waals surface area (Å²) in [6.45, 7) is 2.28. The van der Waals surface area contributed by atoms with E-state index in [0.717, 1.165) is 5.39 Å². The van der Waals surface area contributed by atoms with Gasteiger partial charge in [0.2, 0.25) is 0 Å². The first-order valence-electron chi connectivity index (χ1n) is 5.73. The van der Waals surface area contributed by atoms with Crippen molar-refractivity contribution in [1.82, 2.24) is 0 Å². The van der Waals surface area contributed by atoms with Gasteiger partial charge in [0.1, 0.15) is 11.3 Å². The normalized spacial score (nSPS) is 10.8. The molecule has 0 aliphatic heterocycles. The Morgan fingerprint density at radius 2 is 2.11 bits per heavy atom. The molecule has 1 heterocycles. The van der Waals surface area contributed by atoms with E-state index >= 15 is 0 Å². The van der Waals surface area contributed by atoms with Crippen LogP contribution in [-0.4, -0.2) is 12.6 Å². The third-order valence-corrected chi connectivity index (χ3v) is 2.28. The van der Waals surface area contributed by atoms with Crippen LogP contribution in [-0.2, 0) is 9.53 Å². The van der Waals surface area contributed by atoms with Crippen molar-refractivity contribution < 1.29 is 18.7 Å². The first-order chi connectivity index (χ1) is 9.19. The number of benzene rings is 1. The maximum atomic E-state index is 11.4. The average molecular weight is 260 g/mol. The summed E-state index contributed by atoms with van der Waals surface area (Å²) in [5.74, 6) is -0.265. The molecule has 5 heteroatoms. The summed E-state index contributed by atoms with van der Waals surface area (Å²) < 4.78 is 14.9. The molecule has 0 aliphatic rings. The van der Waals surface area contributed by atoms with Gasteiger partial charge < -0.3 is 13.9 Å². The van der Waals surface area contributed by atoms with E-state index in [4.69, 9.17) is 13.9 Å². The van der Waals surface area contributed by atoms with E-state index in [9.17, 15) is 9.59 Å². The molecule has 0 saturated carbocycles. The predicted octanol–water partition coefficient (Wildman–Crippen LogP) is 2.25. The smallest absolute Gasteiger partial charge is 0.339 e. The lowest BCUT2D eigenvalue weighted by Gasteiger charge is -2.02. The van der Waals surface area contributed by atoms with Gasteiger partial charge in [0, 0.05) is 17.5 Å². The highest BCUT2D eigenvalue weighted by molar-refractivity contribution is 5.85. The highest BCUT2D eigenvalue weighted by Crippen LogP contribution is 2.19. The van der Waals surface area contributed by atoms with E-state index in [1.165, 1.54) is 24.5 Å². The Balaban J connectivity index is 2.17. The lowest BCUT2D eigenvalue weighted by atomic mass is 10.2. The number of hydrogen-bond acceptors (Lipinski definition) is 5. The van der Waals surface area contributed by atoms with Crippen molar-refractivity contribution in [1.29, 1.82) is 0 Å². The second-order valence-corrected chi connectivity index (χ2v) is 3.63. The third kappa shape index (κ3) is 3.45. The molecule has 0 aliphatic carbocycles. The molecule has 5 nitrogen and oxygen atoms in total. The van der Waals surface area contributed by atoms with Crippen LogP contribution in [0.15, 0.2) is 51.9 Å². The van der Waals surface area contributed by atoms with Gasteiger partial charge in [-0.3, -0.25) is 0 Å². The van der Waals surface area contributed by atoms with Gasteiger partial charge in [0.05, 0.1) is 18.9 Å². The maximum Gasteiger partial charge on any atom is 0.339 e. The zero-order chi connectivity index (χ0) is 13.7. The predicted molar refractivity (Wildman–Crippen MR) is 68.9 cm³/mol. The van der Waals surface area contributed by atoms with E-state index < -0.39 is 11.6 Å². The standard InChI is InChI=1S/C14H12O5/c1-2-17-8-7-14(16)18-11-5-3-10-4-6-13(15)19-12(10)9-11/h3-9H,2H2,1H3/b8-7+. The van der Waals surface area contributed by atoms with E-state index in [0.29, 0.717) is 17.9 Å². The molecule has 1 aromatic carbocycles. The summed E-state index contributed by atoms with van der Waals surface area (Å²) in [4.78, 5) is 22.5. The minimum atomic E-state index is -0.564. The molecule has 98 valence electrons. The SMILES string of the molecule is CCO/C=C/C(=O)Oc1ccc2ccc(=O)oc2c1. The molecule has 2 rings (SSSR count). The van der Waals surface area contributed by atoms with Gasteiger partial charge in [-0.15, -0.1) is 0 Å². The van der Waals surface area contributed by atoms with Crippen LogP contribution in [0.3, 0.4) is 0 Å². The van der Waals surface area contributed by atoms with Crippen molar-refractivity contribution in [3.63, 3.8) is 0 Å². The fraction of sp³-hybridized carbons (Fsp3) is 0.143. The Labute approximate surface area is 109 Å². The number of fused-ring (bicyclic) bond motifs is 1. The van der Waals surface area contributed by atoms with Crippen molar-refractivity contribution in [2.75, 3.05) is 6.61 Å². The third-order valence-electron chi connectivity index (χ3n) is 2.28. The van der Waals surface area contributed by atoms with Gasteiger partial charge in [-0.1, -0.05) is 0 Å². The number of hydrogen-bond donors (Lipinski definition) is 0. The lowest BCUT2D eigenvalue weighted by Crippen LogP contribution is -2.04. The van der Waals surface area contributed by atoms with Gasteiger partial charge >= 0.3 is 11.6 Å². The summed E-state index contributed by atoms with van der Waals surface area (Å²) in [5.41, 5.74) is -0.0844.